The number of amides is 1. The van der Waals surface area contributed by atoms with Crippen LogP contribution in [0.4, 0.5) is 0 Å². The van der Waals surface area contributed by atoms with Crippen LogP contribution in [0.1, 0.15) is 31.6 Å². The Bertz CT molecular complexity index is 966. The molecule has 2 heterocycles. The zero-order chi connectivity index (χ0) is 17.4. The lowest BCUT2D eigenvalue weighted by Crippen LogP contribution is -2.36. The minimum atomic E-state index is -0.531. The lowest BCUT2D eigenvalue weighted by atomic mass is 10.1. The molecule has 3 aromatic rings. The van der Waals surface area contributed by atoms with Crippen molar-refractivity contribution in [3.05, 3.63) is 47.0 Å². The van der Waals surface area contributed by atoms with E-state index in [0.717, 1.165) is 18.7 Å². The van der Waals surface area contributed by atoms with Crippen LogP contribution in [0.15, 0.2) is 39.8 Å². The predicted molar refractivity (Wildman–Crippen MR) is 89.8 cm³/mol. The molecule has 25 heavy (non-hydrogen) atoms. The summed E-state index contributed by atoms with van der Waals surface area (Å²) in [4.78, 5) is 28.9. The largest absolute Gasteiger partial charge is 0.420 e. The second kappa shape index (κ2) is 6.19. The van der Waals surface area contributed by atoms with Crippen molar-refractivity contribution >= 4 is 17.0 Å². The molecule has 1 atom stereocenters. The molecular weight excluding hydrogens is 322 g/mol. The number of hydrogen-bond acceptors (Lipinski definition) is 5. The van der Waals surface area contributed by atoms with Crippen molar-refractivity contribution in [2.24, 2.45) is 5.92 Å². The minimum Gasteiger partial charge on any atom is -0.408 e. The maximum absolute atomic E-state index is 12.6. The molecule has 4 rings (SSSR count). The third-order valence-electron chi connectivity index (χ3n) is 4.51. The maximum atomic E-state index is 12.6. The molecule has 1 unspecified atom stereocenters. The number of benzene rings is 1. The SMILES string of the molecule is CCn1ncnc1C(NC(=O)Cn1c(=O)oc2ccccc21)C1CC1. The van der Waals surface area contributed by atoms with Gasteiger partial charge in [0.15, 0.2) is 5.58 Å². The summed E-state index contributed by atoms with van der Waals surface area (Å²) in [6.45, 7) is 2.60. The summed E-state index contributed by atoms with van der Waals surface area (Å²) in [5.41, 5.74) is 1.09. The summed E-state index contributed by atoms with van der Waals surface area (Å²) in [5, 5.41) is 7.21. The minimum absolute atomic E-state index is 0.0840. The fourth-order valence-electron chi connectivity index (χ4n) is 3.11. The third kappa shape index (κ3) is 2.95. The topological polar surface area (TPSA) is 95.0 Å². The van der Waals surface area contributed by atoms with Crippen LogP contribution in [0, 0.1) is 5.92 Å². The zero-order valence-corrected chi connectivity index (χ0v) is 13.9. The van der Waals surface area contributed by atoms with Gasteiger partial charge < -0.3 is 9.73 Å². The van der Waals surface area contributed by atoms with Gasteiger partial charge >= 0.3 is 5.76 Å². The summed E-state index contributed by atoms with van der Waals surface area (Å²) in [6.07, 6.45) is 3.61. The van der Waals surface area contributed by atoms with E-state index in [2.05, 4.69) is 15.4 Å². The van der Waals surface area contributed by atoms with Gasteiger partial charge in [-0.05, 0) is 37.8 Å². The van der Waals surface area contributed by atoms with Gasteiger partial charge in [0.2, 0.25) is 5.91 Å². The van der Waals surface area contributed by atoms with E-state index in [1.54, 1.807) is 22.9 Å². The Morgan fingerprint density at radius 2 is 2.20 bits per heavy atom. The molecule has 1 aromatic carbocycles. The predicted octanol–water partition coefficient (Wildman–Crippen LogP) is 1.47. The molecule has 1 saturated carbocycles. The van der Waals surface area contributed by atoms with E-state index in [1.165, 1.54) is 10.9 Å². The molecule has 8 nitrogen and oxygen atoms in total. The van der Waals surface area contributed by atoms with E-state index in [4.69, 9.17) is 4.42 Å². The Hall–Kier alpha value is -2.90. The third-order valence-corrected chi connectivity index (χ3v) is 4.51. The van der Waals surface area contributed by atoms with Gasteiger partial charge in [-0.2, -0.15) is 5.10 Å². The normalized spacial score (nSPS) is 15.4. The van der Waals surface area contributed by atoms with Crippen molar-refractivity contribution in [1.29, 1.82) is 0 Å². The Morgan fingerprint density at radius 1 is 1.40 bits per heavy atom. The molecule has 1 aliphatic carbocycles. The molecule has 0 bridgehead atoms. The molecule has 2 aromatic heterocycles. The van der Waals surface area contributed by atoms with E-state index >= 15 is 0 Å². The first-order chi connectivity index (χ1) is 12.2. The number of para-hydroxylation sites is 2. The van der Waals surface area contributed by atoms with Gasteiger partial charge in [-0.15, -0.1) is 0 Å². The van der Waals surface area contributed by atoms with Crippen molar-refractivity contribution in [1.82, 2.24) is 24.6 Å². The number of oxazole rings is 1. The van der Waals surface area contributed by atoms with E-state index in [0.29, 0.717) is 23.6 Å². The molecule has 1 N–H and O–H groups in total. The van der Waals surface area contributed by atoms with Crippen LogP contribution in [0.3, 0.4) is 0 Å². The number of aryl methyl sites for hydroxylation is 1. The van der Waals surface area contributed by atoms with E-state index in [-0.39, 0.29) is 18.5 Å². The van der Waals surface area contributed by atoms with Gasteiger partial charge in [0.1, 0.15) is 18.7 Å². The summed E-state index contributed by atoms with van der Waals surface area (Å²) in [7, 11) is 0. The van der Waals surface area contributed by atoms with E-state index in [1.807, 2.05) is 13.0 Å². The van der Waals surface area contributed by atoms with Crippen molar-refractivity contribution in [2.75, 3.05) is 0 Å². The summed E-state index contributed by atoms with van der Waals surface area (Å²) < 4.78 is 8.32. The molecule has 8 heteroatoms. The quantitative estimate of drug-likeness (QED) is 0.733. The van der Waals surface area contributed by atoms with Crippen molar-refractivity contribution in [3.63, 3.8) is 0 Å². The molecule has 0 radical (unpaired) electrons. The first-order valence-electron chi connectivity index (χ1n) is 8.42. The molecule has 0 aliphatic heterocycles. The van der Waals surface area contributed by atoms with Crippen molar-refractivity contribution in [3.8, 4) is 0 Å². The Morgan fingerprint density at radius 3 is 2.96 bits per heavy atom. The standard InChI is InChI=1S/C17H19N5O3/c1-2-22-16(18-10-19-22)15(11-7-8-11)20-14(23)9-21-12-5-3-4-6-13(12)25-17(21)24/h3-6,10-11,15H,2,7-9H2,1H3,(H,20,23). The highest BCUT2D eigenvalue weighted by atomic mass is 16.4. The lowest BCUT2D eigenvalue weighted by Gasteiger charge is -2.18. The Labute approximate surface area is 143 Å². The first-order valence-corrected chi connectivity index (χ1v) is 8.42. The van der Waals surface area contributed by atoms with Crippen LogP contribution in [-0.4, -0.2) is 25.2 Å². The fraction of sp³-hybridized carbons (Fsp3) is 0.412. The van der Waals surface area contributed by atoms with Crippen molar-refractivity contribution in [2.45, 2.75) is 38.9 Å². The van der Waals surface area contributed by atoms with Gasteiger partial charge in [0.05, 0.1) is 11.6 Å². The maximum Gasteiger partial charge on any atom is 0.420 e. The van der Waals surface area contributed by atoms with Crippen molar-refractivity contribution < 1.29 is 9.21 Å². The number of nitrogens with one attached hydrogen (secondary N) is 1. The summed E-state index contributed by atoms with van der Waals surface area (Å²) in [5.74, 6) is 0.367. The van der Waals surface area contributed by atoms with Gasteiger partial charge in [-0.1, -0.05) is 12.1 Å². The summed E-state index contributed by atoms with van der Waals surface area (Å²) >= 11 is 0. The smallest absolute Gasteiger partial charge is 0.408 e. The monoisotopic (exact) mass is 341 g/mol. The molecule has 1 amide bonds. The van der Waals surface area contributed by atoms with Crippen LogP contribution in [0.2, 0.25) is 0 Å². The second-order valence-electron chi connectivity index (χ2n) is 6.24. The van der Waals surface area contributed by atoms with Gasteiger partial charge in [0.25, 0.3) is 0 Å². The van der Waals surface area contributed by atoms with E-state index < -0.39 is 5.76 Å². The average Bonchev–Trinajstić information content (AvgIpc) is 3.26. The van der Waals surface area contributed by atoms with Crippen LogP contribution >= 0.6 is 0 Å². The number of hydrogen-bond donors (Lipinski definition) is 1. The lowest BCUT2D eigenvalue weighted by molar-refractivity contribution is -0.122. The molecule has 1 aliphatic rings. The van der Waals surface area contributed by atoms with E-state index in [9.17, 15) is 9.59 Å². The number of nitrogens with zero attached hydrogens (tertiary/aromatic N) is 4. The van der Waals surface area contributed by atoms with Gasteiger partial charge in [-0.25, -0.2) is 14.5 Å². The first kappa shape index (κ1) is 15.6. The van der Waals surface area contributed by atoms with Crippen LogP contribution in [0.5, 0.6) is 0 Å². The zero-order valence-electron chi connectivity index (χ0n) is 13.9. The number of fused-ring (bicyclic) bond motifs is 1. The Balaban J connectivity index is 1.56. The molecule has 0 saturated heterocycles. The molecular formula is C17H19N5O3. The number of carbonyl (C=O) groups excluding carboxylic acids is 1. The fourth-order valence-corrected chi connectivity index (χ4v) is 3.11. The second-order valence-corrected chi connectivity index (χ2v) is 6.24. The number of rotatable bonds is 6. The molecule has 1 fully saturated rings. The number of carbonyl (C=O) groups is 1. The highest BCUT2D eigenvalue weighted by Gasteiger charge is 2.36. The van der Waals surface area contributed by atoms with Crippen LogP contribution in [0.25, 0.3) is 11.1 Å². The molecule has 0 spiro atoms. The highest BCUT2D eigenvalue weighted by molar-refractivity contribution is 5.79. The Kier molecular flexibility index (Phi) is 3.87. The van der Waals surface area contributed by atoms with Crippen LogP contribution in [-0.2, 0) is 17.9 Å². The average molecular weight is 341 g/mol. The van der Waals surface area contributed by atoms with Gasteiger partial charge in [-0.3, -0.25) is 9.36 Å². The highest BCUT2D eigenvalue weighted by Crippen LogP contribution is 2.40. The number of aromatic nitrogens is 4. The van der Waals surface area contributed by atoms with Crippen LogP contribution < -0.4 is 11.1 Å². The van der Waals surface area contributed by atoms with Gasteiger partial charge in [0, 0.05) is 6.54 Å². The molecule has 130 valence electrons. The summed E-state index contributed by atoms with van der Waals surface area (Å²) in [6, 6.07) is 6.89.